The first kappa shape index (κ1) is 23.5. The summed E-state index contributed by atoms with van der Waals surface area (Å²) in [7, 11) is 3.37. The van der Waals surface area contributed by atoms with Gasteiger partial charge in [-0.15, -0.1) is 0 Å². The van der Waals surface area contributed by atoms with Gasteiger partial charge in [-0.3, -0.25) is 23.7 Å². The van der Waals surface area contributed by atoms with Gasteiger partial charge in [-0.05, 0) is 50.2 Å². The zero-order valence-corrected chi connectivity index (χ0v) is 19.7. The number of amides is 2. The highest BCUT2D eigenvalue weighted by molar-refractivity contribution is 6.11. The second-order valence-electron chi connectivity index (χ2n) is 7.84. The first-order valence-corrected chi connectivity index (χ1v) is 10.7. The Morgan fingerprint density at radius 1 is 0.914 bits per heavy atom. The summed E-state index contributed by atoms with van der Waals surface area (Å²) in [5, 5.41) is 13.6. The monoisotopic (exact) mass is 476 g/mol. The lowest BCUT2D eigenvalue weighted by Gasteiger charge is -2.08. The summed E-state index contributed by atoms with van der Waals surface area (Å²) in [5.41, 5.74) is 2.34. The number of ketones is 1. The minimum Gasteiger partial charge on any atom is -0.486 e. The van der Waals surface area contributed by atoms with E-state index in [2.05, 4.69) is 20.8 Å². The number of aryl methyl sites for hydroxylation is 2. The molecular weight excluding hydrogens is 452 g/mol. The Bertz CT molecular complexity index is 1400. The summed E-state index contributed by atoms with van der Waals surface area (Å²) in [6, 6.07) is 9.87. The van der Waals surface area contributed by atoms with Crippen molar-refractivity contribution in [3.63, 3.8) is 0 Å². The zero-order chi connectivity index (χ0) is 25.1. The van der Waals surface area contributed by atoms with Crippen molar-refractivity contribution in [3.8, 4) is 5.75 Å². The minimum absolute atomic E-state index is 0.0281. The van der Waals surface area contributed by atoms with E-state index in [9.17, 15) is 14.4 Å². The van der Waals surface area contributed by atoms with Crippen molar-refractivity contribution in [2.24, 2.45) is 14.1 Å². The van der Waals surface area contributed by atoms with Crippen molar-refractivity contribution in [1.82, 2.24) is 19.6 Å². The second kappa shape index (κ2) is 9.67. The van der Waals surface area contributed by atoms with Crippen LogP contribution in [0.2, 0.25) is 0 Å². The molecule has 11 heteroatoms. The van der Waals surface area contributed by atoms with E-state index in [1.165, 1.54) is 23.9 Å². The zero-order valence-electron chi connectivity index (χ0n) is 19.7. The molecule has 0 fully saturated rings. The van der Waals surface area contributed by atoms with E-state index in [-0.39, 0.29) is 29.5 Å². The van der Waals surface area contributed by atoms with E-state index in [0.717, 1.165) is 5.69 Å². The van der Waals surface area contributed by atoms with Crippen molar-refractivity contribution in [1.29, 1.82) is 0 Å². The van der Waals surface area contributed by atoms with Crippen LogP contribution in [0.4, 0.5) is 11.4 Å². The van der Waals surface area contributed by atoms with E-state index in [4.69, 9.17) is 9.15 Å². The number of Topliss-reactive ketones (excluding diaryl/α,β-unsaturated/α-hetero) is 1. The average Bonchev–Trinajstić information content (AvgIpc) is 3.54. The molecule has 0 bridgehead atoms. The van der Waals surface area contributed by atoms with Crippen LogP contribution in [-0.4, -0.2) is 37.2 Å². The average molecular weight is 476 g/mol. The van der Waals surface area contributed by atoms with Gasteiger partial charge in [0, 0.05) is 19.7 Å². The van der Waals surface area contributed by atoms with Crippen molar-refractivity contribution in [2.45, 2.75) is 20.5 Å². The molecule has 3 heterocycles. The fourth-order valence-corrected chi connectivity index (χ4v) is 3.30. The van der Waals surface area contributed by atoms with E-state index in [0.29, 0.717) is 22.8 Å². The Kier molecular flexibility index (Phi) is 6.49. The Labute approximate surface area is 200 Å². The molecule has 0 unspecified atom stereocenters. The van der Waals surface area contributed by atoms with Gasteiger partial charge >= 0.3 is 0 Å². The van der Waals surface area contributed by atoms with Crippen LogP contribution in [0.15, 0.2) is 53.2 Å². The molecule has 1 aromatic carbocycles. The first-order chi connectivity index (χ1) is 16.7. The summed E-state index contributed by atoms with van der Waals surface area (Å²) in [6.07, 6.45) is 2.94. The third kappa shape index (κ3) is 5.13. The highest BCUT2D eigenvalue weighted by atomic mass is 16.5. The predicted molar refractivity (Wildman–Crippen MR) is 127 cm³/mol. The number of anilines is 2. The number of hydrogen-bond acceptors (Lipinski definition) is 7. The number of aromatic nitrogens is 4. The van der Waals surface area contributed by atoms with E-state index in [1.807, 2.05) is 6.92 Å². The lowest BCUT2D eigenvalue weighted by atomic mass is 10.1. The number of carbonyl (C=O) groups excluding carboxylic acids is 3. The standard InChI is InChI=1S/C24H24N6O5/c1-14-19(11-25-29(14)3)27-24(33)22-20(12-26-30(22)4)28-23(32)21-10-9-18(35-21)13-34-17-7-5-16(6-8-17)15(2)31/h5-12H,13H2,1-4H3,(H,27,33)(H,28,32). The number of nitrogens with zero attached hydrogens (tertiary/aromatic N) is 4. The van der Waals surface area contributed by atoms with Crippen molar-refractivity contribution >= 4 is 29.0 Å². The fraction of sp³-hybridized carbons (Fsp3) is 0.208. The van der Waals surface area contributed by atoms with Crippen molar-refractivity contribution < 1.29 is 23.5 Å². The largest absolute Gasteiger partial charge is 0.486 e. The van der Waals surface area contributed by atoms with Gasteiger partial charge in [-0.1, -0.05) is 0 Å². The SMILES string of the molecule is CC(=O)c1ccc(OCc2ccc(C(=O)Nc3cnn(C)c3C(=O)Nc3cnn(C)c3C)o2)cc1. The molecule has 4 aromatic rings. The number of rotatable bonds is 8. The van der Waals surface area contributed by atoms with E-state index in [1.54, 1.807) is 55.3 Å². The lowest BCUT2D eigenvalue weighted by Crippen LogP contribution is -2.20. The molecule has 2 amide bonds. The number of benzene rings is 1. The van der Waals surface area contributed by atoms with Gasteiger partial charge in [0.15, 0.2) is 11.5 Å². The molecule has 0 aliphatic carbocycles. The molecule has 0 spiro atoms. The lowest BCUT2D eigenvalue weighted by molar-refractivity contribution is 0.0990. The maximum absolute atomic E-state index is 12.9. The number of hydrogen-bond donors (Lipinski definition) is 2. The Hall–Kier alpha value is -4.67. The van der Waals surface area contributed by atoms with Crippen LogP contribution in [0.3, 0.4) is 0 Å². The van der Waals surface area contributed by atoms with Gasteiger partial charge in [0.2, 0.25) is 0 Å². The van der Waals surface area contributed by atoms with Crippen LogP contribution in [0.5, 0.6) is 5.75 Å². The van der Waals surface area contributed by atoms with Gasteiger partial charge in [-0.2, -0.15) is 10.2 Å². The topological polar surface area (TPSA) is 133 Å². The summed E-state index contributed by atoms with van der Waals surface area (Å²) >= 11 is 0. The maximum atomic E-state index is 12.9. The fourth-order valence-electron chi connectivity index (χ4n) is 3.30. The maximum Gasteiger partial charge on any atom is 0.291 e. The van der Waals surface area contributed by atoms with Gasteiger partial charge in [0.25, 0.3) is 11.8 Å². The highest BCUT2D eigenvalue weighted by Crippen LogP contribution is 2.21. The van der Waals surface area contributed by atoms with Crippen LogP contribution in [0, 0.1) is 6.92 Å². The molecule has 35 heavy (non-hydrogen) atoms. The number of ether oxygens (including phenoxy) is 1. The van der Waals surface area contributed by atoms with Gasteiger partial charge in [0.05, 0.1) is 29.5 Å². The summed E-state index contributed by atoms with van der Waals surface area (Å²) in [6.45, 7) is 3.42. The molecule has 0 atom stereocenters. The van der Waals surface area contributed by atoms with Crippen LogP contribution >= 0.6 is 0 Å². The molecule has 0 aliphatic heterocycles. The highest BCUT2D eigenvalue weighted by Gasteiger charge is 2.22. The van der Waals surface area contributed by atoms with Crippen LogP contribution < -0.4 is 15.4 Å². The molecule has 4 rings (SSSR count). The number of nitrogens with one attached hydrogen (secondary N) is 2. The molecule has 180 valence electrons. The van der Waals surface area contributed by atoms with Gasteiger partial charge in [-0.25, -0.2) is 0 Å². The normalized spacial score (nSPS) is 10.7. The molecule has 3 aromatic heterocycles. The third-order valence-electron chi connectivity index (χ3n) is 5.41. The van der Waals surface area contributed by atoms with Crippen molar-refractivity contribution in [2.75, 3.05) is 10.6 Å². The second-order valence-corrected chi connectivity index (χ2v) is 7.84. The number of furan rings is 1. The van der Waals surface area contributed by atoms with Crippen LogP contribution in [0.25, 0.3) is 0 Å². The Balaban J connectivity index is 1.40. The van der Waals surface area contributed by atoms with E-state index < -0.39 is 11.8 Å². The van der Waals surface area contributed by atoms with E-state index >= 15 is 0 Å². The Morgan fingerprint density at radius 2 is 1.57 bits per heavy atom. The first-order valence-electron chi connectivity index (χ1n) is 10.7. The molecular formula is C24H24N6O5. The quantitative estimate of drug-likeness (QED) is 0.373. The van der Waals surface area contributed by atoms with Gasteiger partial charge < -0.3 is 19.8 Å². The molecule has 0 saturated carbocycles. The predicted octanol–water partition coefficient (Wildman–Crippen LogP) is 3.34. The molecule has 2 N–H and O–H groups in total. The third-order valence-corrected chi connectivity index (χ3v) is 5.41. The molecule has 11 nitrogen and oxygen atoms in total. The van der Waals surface area contributed by atoms with Gasteiger partial charge in [0.1, 0.15) is 23.8 Å². The van der Waals surface area contributed by atoms with Crippen LogP contribution in [0.1, 0.15) is 49.8 Å². The molecule has 0 aliphatic rings. The van der Waals surface area contributed by atoms with Crippen molar-refractivity contribution in [3.05, 3.63) is 77.3 Å². The number of carbonyl (C=O) groups is 3. The summed E-state index contributed by atoms with van der Waals surface area (Å²) < 4.78 is 14.3. The smallest absolute Gasteiger partial charge is 0.291 e. The molecule has 0 saturated heterocycles. The molecule has 0 radical (unpaired) electrons. The van der Waals surface area contributed by atoms with Crippen LogP contribution in [-0.2, 0) is 20.7 Å². The summed E-state index contributed by atoms with van der Waals surface area (Å²) in [5.74, 6) is 0.0326. The Morgan fingerprint density at radius 3 is 2.23 bits per heavy atom. The summed E-state index contributed by atoms with van der Waals surface area (Å²) in [4.78, 5) is 37.0. The minimum atomic E-state index is -0.540.